The van der Waals surface area contributed by atoms with E-state index in [9.17, 15) is 4.79 Å². The van der Waals surface area contributed by atoms with Crippen LogP contribution in [0.1, 0.15) is 32.3 Å². The van der Waals surface area contributed by atoms with E-state index in [2.05, 4.69) is 9.97 Å². The van der Waals surface area contributed by atoms with Gasteiger partial charge in [-0.2, -0.15) is 0 Å². The van der Waals surface area contributed by atoms with E-state index in [1.807, 2.05) is 45.0 Å². The molecule has 0 atom stereocenters. The Morgan fingerprint density at radius 1 is 1.32 bits per heavy atom. The predicted molar refractivity (Wildman–Crippen MR) is 75.6 cm³/mol. The number of nitrogens with one attached hydrogen (secondary N) is 1. The number of para-hydroxylation sites is 1. The number of aromatic nitrogens is 2. The van der Waals surface area contributed by atoms with Crippen LogP contribution in [0.5, 0.6) is 5.75 Å². The lowest BCUT2D eigenvalue weighted by molar-refractivity contribution is 0.341. The first-order valence-electron chi connectivity index (χ1n) is 6.45. The summed E-state index contributed by atoms with van der Waals surface area (Å²) >= 11 is 0. The second-order valence-electron chi connectivity index (χ2n) is 4.58. The normalized spacial score (nSPS) is 10.7. The monoisotopic (exact) mass is 258 g/mol. The van der Waals surface area contributed by atoms with E-state index >= 15 is 0 Å². The van der Waals surface area contributed by atoms with Crippen molar-refractivity contribution in [3.8, 4) is 17.0 Å². The Morgan fingerprint density at radius 2 is 2.05 bits per heavy atom. The van der Waals surface area contributed by atoms with Crippen molar-refractivity contribution in [1.82, 2.24) is 9.97 Å². The minimum absolute atomic E-state index is 0.0914. The standard InChI is InChI=1S/C15H18N2O2/c1-4-19-12-8-6-5-7-11(12)14-13(10(2)3)15(18)17-9-16-14/h5-10H,4H2,1-3H3,(H,16,17,18). The molecule has 0 spiro atoms. The van der Waals surface area contributed by atoms with Gasteiger partial charge in [0.05, 0.1) is 18.6 Å². The molecule has 0 unspecified atom stereocenters. The van der Waals surface area contributed by atoms with Gasteiger partial charge in [-0.1, -0.05) is 26.0 Å². The Hall–Kier alpha value is -2.10. The number of rotatable bonds is 4. The number of aromatic amines is 1. The third-order valence-electron chi connectivity index (χ3n) is 2.91. The molecule has 100 valence electrons. The van der Waals surface area contributed by atoms with Crippen LogP contribution in [0.15, 0.2) is 35.4 Å². The summed E-state index contributed by atoms with van der Waals surface area (Å²) in [5.41, 5.74) is 2.16. The molecule has 19 heavy (non-hydrogen) atoms. The fourth-order valence-corrected chi connectivity index (χ4v) is 2.10. The van der Waals surface area contributed by atoms with E-state index < -0.39 is 0 Å². The molecule has 2 rings (SSSR count). The summed E-state index contributed by atoms with van der Waals surface area (Å²) in [5.74, 6) is 0.854. The molecule has 4 nitrogen and oxygen atoms in total. The highest BCUT2D eigenvalue weighted by molar-refractivity contribution is 5.70. The van der Waals surface area contributed by atoms with Crippen LogP contribution in [0, 0.1) is 0 Å². The minimum Gasteiger partial charge on any atom is -0.493 e. The average molecular weight is 258 g/mol. The van der Waals surface area contributed by atoms with Crippen LogP contribution in [-0.2, 0) is 0 Å². The van der Waals surface area contributed by atoms with Gasteiger partial charge in [0.2, 0.25) is 0 Å². The third kappa shape index (κ3) is 2.67. The number of H-pyrrole nitrogens is 1. The van der Waals surface area contributed by atoms with E-state index in [0.29, 0.717) is 17.9 Å². The quantitative estimate of drug-likeness (QED) is 0.917. The zero-order valence-electron chi connectivity index (χ0n) is 11.4. The van der Waals surface area contributed by atoms with Crippen molar-refractivity contribution in [3.05, 3.63) is 46.5 Å². The molecule has 0 saturated heterocycles. The Balaban J connectivity index is 2.66. The van der Waals surface area contributed by atoms with Crippen molar-refractivity contribution in [2.75, 3.05) is 6.61 Å². The fraction of sp³-hybridized carbons (Fsp3) is 0.333. The topological polar surface area (TPSA) is 55.0 Å². The number of ether oxygens (including phenoxy) is 1. The van der Waals surface area contributed by atoms with Gasteiger partial charge < -0.3 is 9.72 Å². The lowest BCUT2D eigenvalue weighted by Crippen LogP contribution is -2.16. The molecule has 0 aliphatic heterocycles. The van der Waals surface area contributed by atoms with Crippen LogP contribution < -0.4 is 10.3 Å². The van der Waals surface area contributed by atoms with Gasteiger partial charge in [0, 0.05) is 11.1 Å². The Labute approximate surface area is 112 Å². The third-order valence-corrected chi connectivity index (χ3v) is 2.91. The highest BCUT2D eigenvalue weighted by atomic mass is 16.5. The van der Waals surface area contributed by atoms with Crippen molar-refractivity contribution in [2.45, 2.75) is 26.7 Å². The average Bonchev–Trinajstić information content (AvgIpc) is 2.39. The summed E-state index contributed by atoms with van der Waals surface area (Å²) in [4.78, 5) is 19.0. The fourth-order valence-electron chi connectivity index (χ4n) is 2.10. The first kappa shape index (κ1) is 13.3. The number of hydrogen-bond acceptors (Lipinski definition) is 3. The first-order valence-corrected chi connectivity index (χ1v) is 6.45. The number of benzene rings is 1. The van der Waals surface area contributed by atoms with Crippen molar-refractivity contribution in [2.24, 2.45) is 0 Å². The van der Waals surface area contributed by atoms with Crippen molar-refractivity contribution >= 4 is 0 Å². The Bertz CT molecular complexity index is 618. The molecule has 1 heterocycles. The van der Waals surface area contributed by atoms with E-state index in [4.69, 9.17) is 4.74 Å². The van der Waals surface area contributed by atoms with Crippen LogP contribution in [0.25, 0.3) is 11.3 Å². The lowest BCUT2D eigenvalue weighted by atomic mass is 9.98. The maximum atomic E-state index is 12.0. The van der Waals surface area contributed by atoms with Crippen molar-refractivity contribution in [1.29, 1.82) is 0 Å². The van der Waals surface area contributed by atoms with Gasteiger partial charge in [-0.3, -0.25) is 4.79 Å². The summed E-state index contributed by atoms with van der Waals surface area (Å²) in [6.45, 7) is 6.49. The summed E-state index contributed by atoms with van der Waals surface area (Å²) < 4.78 is 5.61. The molecular weight excluding hydrogens is 240 g/mol. The van der Waals surface area contributed by atoms with Crippen LogP contribution >= 0.6 is 0 Å². The minimum atomic E-state index is -0.0914. The molecule has 1 aromatic carbocycles. The summed E-state index contributed by atoms with van der Waals surface area (Å²) in [7, 11) is 0. The highest BCUT2D eigenvalue weighted by Crippen LogP contribution is 2.31. The molecule has 0 amide bonds. The zero-order valence-corrected chi connectivity index (χ0v) is 11.4. The summed E-state index contributed by atoms with van der Waals surface area (Å²) in [6, 6.07) is 7.66. The van der Waals surface area contributed by atoms with Gasteiger partial charge in [0.25, 0.3) is 5.56 Å². The SMILES string of the molecule is CCOc1ccccc1-c1nc[nH]c(=O)c1C(C)C. The molecule has 0 radical (unpaired) electrons. The Kier molecular flexibility index (Phi) is 4.00. The molecule has 1 aromatic heterocycles. The zero-order chi connectivity index (χ0) is 13.8. The summed E-state index contributed by atoms with van der Waals surface area (Å²) in [5, 5.41) is 0. The maximum absolute atomic E-state index is 12.0. The van der Waals surface area contributed by atoms with Gasteiger partial charge in [0.1, 0.15) is 5.75 Å². The van der Waals surface area contributed by atoms with Gasteiger partial charge >= 0.3 is 0 Å². The molecule has 0 fully saturated rings. The van der Waals surface area contributed by atoms with Gasteiger partial charge in [-0.15, -0.1) is 0 Å². The smallest absolute Gasteiger partial charge is 0.254 e. The Morgan fingerprint density at radius 3 is 2.74 bits per heavy atom. The predicted octanol–water partition coefficient (Wildman–Crippen LogP) is 2.96. The van der Waals surface area contributed by atoms with Crippen LogP contribution in [0.2, 0.25) is 0 Å². The molecule has 0 aliphatic carbocycles. The van der Waals surface area contributed by atoms with Crippen molar-refractivity contribution in [3.63, 3.8) is 0 Å². The highest BCUT2D eigenvalue weighted by Gasteiger charge is 2.16. The maximum Gasteiger partial charge on any atom is 0.254 e. The van der Waals surface area contributed by atoms with Gasteiger partial charge in [-0.25, -0.2) is 4.98 Å². The second-order valence-corrected chi connectivity index (χ2v) is 4.58. The lowest BCUT2D eigenvalue weighted by Gasteiger charge is -2.13. The van der Waals surface area contributed by atoms with Gasteiger partial charge in [0.15, 0.2) is 0 Å². The van der Waals surface area contributed by atoms with E-state index in [-0.39, 0.29) is 11.5 Å². The molecular formula is C15H18N2O2. The van der Waals surface area contributed by atoms with E-state index in [1.165, 1.54) is 6.33 Å². The molecule has 0 bridgehead atoms. The van der Waals surface area contributed by atoms with Gasteiger partial charge in [-0.05, 0) is 25.0 Å². The van der Waals surface area contributed by atoms with E-state index in [0.717, 1.165) is 11.3 Å². The largest absolute Gasteiger partial charge is 0.493 e. The molecule has 1 N–H and O–H groups in total. The van der Waals surface area contributed by atoms with Crippen LogP contribution in [0.4, 0.5) is 0 Å². The molecule has 4 heteroatoms. The molecule has 2 aromatic rings. The van der Waals surface area contributed by atoms with E-state index in [1.54, 1.807) is 0 Å². The van der Waals surface area contributed by atoms with Crippen molar-refractivity contribution < 1.29 is 4.74 Å². The number of hydrogen-bond donors (Lipinski definition) is 1. The summed E-state index contributed by atoms with van der Waals surface area (Å²) in [6.07, 6.45) is 1.44. The molecule has 0 aliphatic rings. The first-order chi connectivity index (χ1) is 9.15. The molecule has 0 saturated carbocycles. The second kappa shape index (κ2) is 5.69. The van der Waals surface area contributed by atoms with Crippen LogP contribution in [-0.4, -0.2) is 16.6 Å². The number of nitrogens with zero attached hydrogens (tertiary/aromatic N) is 1. The van der Waals surface area contributed by atoms with Crippen LogP contribution in [0.3, 0.4) is 0 Å².